The minimum Gasteiger partial charge on any atom is -0.496 e. The number of nitrogens with one attached hydrogen (secondary N) is 2. The van der Waals surface area contributed by atoms with Crippen molar-refractivity contribution >= 4 is 54.2 Å². The number of hydrazine groups is 1. The highest BCUT2D eigenvalue weighted by molar-refractivity contribution is 9.10. The highest BCUT2D eigenvalue weighted by Crippen LogP contribution is 2.35. The zero-order valence-corrected chi connectivity index (χ0v) is 16.3. The largest absolute Gasteiger partial charge is 0.496 e. The molecule has 0 bridgehead atoms. The molecule has 0 fully saturated rings. The Morgan fingerprint density at radius 1 is 1.32 bits per heavy atom. The number of nitrogens with zero attached hydrogens (tertiary/aromatic N) is 1. The summed E-state index contributed by atoms with van der Waals surface area (Å²) < 4.78 is 6.92. The van der Waals surface area contributed by atoms with Crippen LogP contribution in [0.3, 0.4) is 0 Å². The lowest BCUT2D eigenvalue weighted by molar-refractivity contribution is 0.102. The number of methoxy groups -OCH3 is 1. The first kappa shape index (κ1) is 17.7. The van der Waals surface area contributed by atoms with E-state index in [1.807, 2.05) is 19.9 Å². The summed E-state index contributed by atoms with van der Waals surface area (Å²) in [5, 5.41) is 3.64. The van der Waals surface area contributed by atoms with Gasteiger partial charge in [-0.3, -0.25) is 10.2 Å². The number of carbonyl (C=O) groups is 1. The number of hydrogen-bond acceptors (Lipinski definition) is 6. The minimum absolute atomic E-state index is 0.185. The molecule has 0 spiro atoms. The molecule has 0 unspecified atom stereocenters. The third kappa shape index (κ3) is 3.33. The van der Waals surface area contributed by atoms with Crippen LogP contribution in [0.5, 0.6) is 5.75 Å². The number of amides is 1. The first-order valence-corrected chi connectivity index (χ1v) is 9.07. The highest BCUT2D eigenvalue weighted by Gasteiger charge is 2.16. The topological polar surface area (TPSA) is 89.3 Å². The van der Waals surface area contributed by atoms with Gasteiger partial charge in [-0.1, -0.05) is 11.3 Å². The second-order valence-corrected chi connectivity index (χ2v) is 7.36. The predicted molar refractivity (Wildman–Crippen MR) is 106 cm³/mol. The van der Waals surface area contributed by atoms with Gasteiger partial charge in [-0.25, -0.2) is 10.8 Å². The lowest BCUT2D eigenvalue weighted by atomic mass is 10.1. The fourth-order valence-corrected chi connectivity index (χ4v) is 4.03. The zero-order valence-electron chi connectivity index (χ0n) is 13.9. The van der Waals surface area contributed by atoms with Crippen LogP contribution in [0.25, 0.3) is 10.2 Å². The van der Waals surface area contributed by atoms with Crippen LogP contribution < -0.4 is 21.3 Å². The van der Waals surface area contributed by atoms with E-state index in [4.69, 9.17) is 10.6 Å². The van der Waals surface area contributed by atoms with Crippen molar-refractivity contribution in [1.82, 2.24) is 4.98 Å². The van der Waals surface area contributed by atoms with E-state index in [0.29, 0.717) is 16.4 Å². The van der Waals surface area contributed by atoms with Crippen LogP contribution in [0.2, 0.25) is 0 Å². The van der Waals surface area contributed by atoms with E-state index in [1.54, 1.807) is 25.3 Å². The van der Waals surface area contributed by atoms with Crippen molar-refractivity contribution in [1.29, 1.82) is 0 Å². The summed E-state index contributed by atoms with van der Waals surface area (Å²) in [5.41, 5.74) is 6.67. The van der Waals surface area contributed by atoms with Gasteiger partial charge in [0.1, 0.15) is 5.75 Å². The molecule has 4 N–H and O–H groups in total. The molecule has 1 heterocycles. The molecule has 130 valence electrons. The number of nitrogen functional groups attached to an aromatic ring is 1. The van der Waals surface area contributed by atoms with Gasteiger partial charge in [0.05, 0.1) is 21.8 Å². The molecule has 3 rings (SSSR count). The molecule has 2 aromatic carbocycles. The third-order valence-corrected chi connectivity index (χ3v) is 5.63. The van der Waals surface area contributed by atoms with Gasteiger partial charge in [-0.15, -0.1) is 0 Å². The second-order valence-electron chi connectivity index (χ2n) is 5.51. The number of halogens is 1. The van der Waals surface area contributed by atoms with Crippen molar-refractivity contribution < 1.29 is 9.53 Å². The molecular formula is C17H17BrN4O2S. The van der Waals surface area contributed by atoms with Gasteiger partial charge in [0.25, 0.3) is 5.91 Å². The molecule has 0 saturated carbocycles. The van der Waals surface area contributed by atoms with Crippen LogP contribution in [-0.2, 0) is 0 Å². The number of aromatic nitrogens is 1. The minimum atomic E-state index is -0.185. The number of ether oxygens (including phenoxy) is 1. The maximum atomic E-state index is 12.7. The van der Waals surface area contributed by atoms with E-state index in [0.717, 1.165) is 31.5 Å². The first-order valence-electron chi connectivity index (χ1n) is 7.46. The Balaban J connectivity index is 1.96. The van der Waals surface area contributed by atoms with Crippen molar-refractivity contribution in [2.45, 2.75) is 13.8 Å². The summed E-state index contributed by atoms with van der Waals surface area (Å²) in [6.45, 7) is 3.91. The van der Waals surface area contributed by atoms with E-state index in [-0.39, 0.29) is 5.91 Å². The number of fused-ring (bicyclic) bond motifs is 1. The summed E-state index contributed by atoms with van der Waals surface area (Å²) in [6.07, 6.45) is 0. The molecule has 0 atom stereocenters. The van der Waals surface area contributed by atoms with E-state index >= 15 is 0 Å². The van der Waals surface area contributed by atoms with Gasteiger partial charge in [-0.2, -0.15) is 0 Å². The molecule has 0 aliphatic heterocycles. The van der Waals surface area contributed by atoms with Crippen LogP contribution >= 0.6 is 27.3 Å². The van der Waals surface area contributed by atoms with Crippen molar-refractivity contribution in [2.24, 2.45) is 5.84 Å². The Hall–Kier alpha value is -2.16. The number of aryl methyl sites for hydroxylation is 2. The number of benzene rings is 2. The molecule has 3 aromatic rings. The maximum absolute atomic E-state index is 12.7. The van der Waals surface area contributed by atoms with Crippen LogP contribution in [0, 0.1) is 13.8 Å². The van der Waals surface area contributed by atoms with E-state index < -0.39 is 0 Å². The lowest BCUT2D eigenvalue weighted by Gasteiger charge is -2.13. The summed E-state index contributed by atoms with van der Waals surface area (Å²) in [5.74, 6) is 5.94. The average Bonchev–Trinajstić information content (AvgIpc) is 3.01. The number of thiazole rings is 1. The van der Waals surface area contributed by atoms with Gasteiger partial charge < -0.3 is 10.1 Å². The third-order valence-electron chi connectivity index (χ3n) is 3.89. The quantitative estimate of drug-likeness (QED) is 0.434. The maximum Gasteiger partial charge on any atom is 0.255 e. The van der Waals surface area contributed by atoms with Gasteiger partial charge in [0.2, 0.25) is 0 Å². The first-order chi connectivity index (χ1) is 11.9. The fraction of sp³-hybridized carbons (Fsp3) is 0.176. The number of carbonyl (C=O) groups excluding carboxylic acids is 1. The molecule has 0 aliphatic carbocycles. The van der Waals surface area contributed by atoms with Crippen molar-refractivity contribution in [2.75, 3.05) is 17.9 Å². The van der Waals surface area contributed by atoms with Crippen molar-refractivity contribution in [3.8, 4) is 5.75 Å². The SMILES string of the molecule is COc1ccc(C(=O)Nc2c(C)cc3nc(NN)sc3c2C)cc1Br. The Kier molecular flexibility index (Phi) is 4.94. The fourth-order valence-electron chi connectivity index (χ4n) is 2.63. The standard InChI is InChI=1S/C17H17BrN4O2S/c1-8-6-12-15(25-17(20-12)22-19)9(2)14(8)21-16(23)10-4-5-13(24-3)11(18)7-10/h4-7H,19H2,1-3H3,(H,20,22)(H,21,23). The summed E-state index contributed by atoms with van der Waals surface area (Å²) in [7, 11) is 1.58. The molecule has 6 nitrogen and oxygen atoms in total. The monoisotopic (exact) mass is 420 g/mol. The Morgan fingerprint density at radius 2 is 2.08 bits per heavy atom. The van der Waals surface area contributed by atoms with Crippen LogP contribution in [0.4, 0.5) is 10.8 Å². The number of nitrogens with two attached hydrogens (primary N) is 1. The summed E-state index contributed by atoms with van der Waals surface area (Å²) >= 11 is 4.86. The van der Waals surface area contributed by atoms with Crippen molar-refractivity contribution in [3.63, 3.8) is 0 Å². The molecule has 0 aliphatic rings. The zero-order chi connectivity index (χ0) is 18.1. The summed E-state index contributed by atoms with van der Waals surface area (Å²) in [4.78, 5) is 17.1. The highest BCUT2D eigenvalue weighted by atomic mass is 79.9. The number of rotatable bonds is 4. The molecule has 0 radical (unpaired) electrons. The molecule has 8 heteroatoms. The van der Waals surface area contributed by atoms with E-state index in [9.17, 15) is 4.79 Å². The Bertz CT molecular complexity index is 971. The van der Waals surface area contributed by atoms with E-state index in [1.165, 1.54) is 11.3 Å². The molecule has 25 heavy (non-hydrogen) atoms. The van der Waals surface area contributed by atoms with E-state index in [2.05, 4.69) is 31.7 Å². The van der Waals surface area contributed by atoms with Gasteiger partial charge in [-0.05, 0) is 65.2 Å². The van der Waals surface area contributed by atoms with Crippen LogP contribution in [0.1, 0.15) is 21.5 Å². The normalized spacial score (nSPS) is 10.8. The number of anilines is 2. The van der Waals surface area contributed by atoms with Gasteiger partial charge >= 0.3 is 0 Å². The average molecular weight is 421 g/mol. The second kappa shape index (κ2) is 6.99. The molecule has 1 aromatic heterocycles. The molecule has 1 amide bonds. The molecule has 0 saturated heterocycles. The van der Waals surface area contributed by atoms with Gasteiger partial charge in [0.15, 0.2) is 5.13 Å². The lowest BCUT2D eigenvalue weighted by Crippen LogP contribution is -2.14. The summed E-state index contributed by atoms with van der Waals surface area (Å²) in [6, 6.07) is 7.16. The Labute approximate surface area is 157 Å². The smallest absolute Gasteiger partial charge is 0.255 e. The van der Waals surface area contributed by atoms with Crippen LogP contribution in [0.15, 0.2) is 28.7 Å². The van der Waals surface area contributed by atoms with Crippen LogP contribution in [-0.4, -0.2) is 18.0 Å². The van der Waals surface area contributed by atoms with Gasteiger partial charge in [0, 0.05) is 11.3 Å². The predicted octanol–water partition coefficient (Wildman–Crippen LogP) is 4.22. The molecular weight excluding hydrogens is 404 g/mol. The van der Waals surface area contributed by atoms with Crippen molar-refractivity contribution in [3.05, 3.63) is 45.4 Å². The number of hydrogen-bond donors (Lipinski definition) is 3. The Morgan fingerprint density at radius 3 is 2.72 bits per heavy atom.